The Morgan fingerprint density at radius 3 is 2.94 bits per heavy atom. The van der Waals surface area contributed by atoms with Crippen LogP contribution in [0.15, 0.2) is 42.6 Å². The number of hydrogen-bond donors (Lipinski definition) is 2. The molecule has 2 saturated carbocycles. The molecule has 7 rings (SSSR count). The van der Waals surface area contributed by atoms with Crippen molar-refractivity contribution in [2.24, 2.45) is 17.3 Å². The van der Waals surface area contributed by atoms with Crippen LogP contribution in [-0.4, -0.2) is 57.9 Å². The summed E-state index contributed by atoms with van der Waals surface area (Å²) in [6, 6.07) is 13.5. The van der Waals surface area contributed by atoms with E-state index in [-0.39, 0.29) is 16.9 Å². The van der Waals surface area contributed by atoms with Crippen LogP contribution >= 0.6 is 0 Å². The first kappa shape index (κ1) is 19.4. The quantitative estimate of drug-likeness (QED) is 0.781. The lowest BCUT2D eigenvalue weighted by molar-refractivity contribution is -0.0989. The fourth-order valence-electron chi connectivity index (χ4n) is 9.44. The molecule has 0 radical (unpaired) electrons. The number of pyridine rings is 1. The molecule has 2 aliphatic heterocycles. The molecular formula is C27H33N3O2. The summed E-state index contributed by atoms with van der Waals surface area (Å²) in [5.74, 6) is 2.84. The third-order valence-electron chi connectivity index (χ3n) is 10.0. The summed E-state index contributed by atoms with van der Waals surface area (Å²) in [7, 11) is 0. The number of phenols is 1. The lowest BCUT2D eigenvalue weighted by Crippen LogP contribution is -2.70. The molecule has 2 aromatic rings. The number of aliphatic hydroxyl groups excluding tert-OH is 1. The van der Waals surface area contributed by atoms with Crippen LogP contribution in [0.4, 0.5) is 5.82 Å². The summed E-state index contributed by atoms with van der Waals surface area (Å²) in [6.45, 7) is 4.85. The Morgan fingerprint density at radius 2 is 2.12 bits per heavy atom. The Hall–Kier alpha value is -2.11. The zero-order valence-electron chi connectivity index (χ0n) is 18.8. The van der Waals surface area contributed by atoms with Gasteiger partial charge in [0.2, 0.25) is 0 Å². The number of benzene rings is 1. The molecule has 2 unspecified atom stereocenters. The Bertz CT molecular complexity index is 1060. The van der Waals surface area contributed by atoms with E-state index in [2.05, 4.69) is 34.1 Å². The number of likely N-dealkylation sites (tertiary alicyclic amines) is 1. The van der Waals surface area contributed by atoms with Gasteiger partial charge in [-0.25, -0.2) is 4.98 Å². The predicted octanol–water partition coefficient (Wildman–Crippen LogP) is 3.34. The van der Waals surface area contributed by atoms with Gasteiger partial charge in [0.15, 0.2) is 0 Å². The third-order valence-corrected chi connectivity index (χ3v) is 10.0. The highest BCUT2D eigenvalue weighted by Crippen LogP contribution is 2.75. The maximum absolute atomic E-state index is 10.5. The summed E-state index contributed by atoms with van der Waals surface area (Å²) in [5.41, 5.74) is 3.28. The zero-order valence-corrected chi connectivity index (χ0v) is 18.8. The van der Waals surface area contributed by atoms with Crippen molar-refractivity contribution >= 4 is 5.82 Å². The topological polar surface area (TPSA) is 59.8 Å². The number of β-amino-alcohol motifs (C(OH)–C–C–N with tert-alkyl or cyclic N) is 1. The second kappa shape index (κ2) is 6.48. The van der Waals surface area contributed by atoms with Crippen molar-refractivity contribution in [1.82, 2.24) is 9.88 Å². The molecule has 1 aromatic heterocycles. The van der Waals surface area contributed by atoms with Crippen molar-refractivity contribution in [1.29, 1.82) is 0 Å². The van der Waals surface area contributed by atoms with Gasteiger partial charge in [-0.15, -0.1) is 0 Å². The molecule has 0 amide bonds. The molecule has 5 heteroatoms. The average molecular weight is 432 g/mol. The van der Waals surface area contributed by atoms with Gasteiger partial charge in [-0.2, -0.15) is 0 Å². The minimum Gasteiger partial charge on any atom is -0.508 e. The average Bonchev–Trinajstić information content (AvgIpc) is 3.23. The first-order valence-electron chi connectivity index (χ1n) is 12.5. The van der Waals surface area contributed by atoms with Gasteiger partial charge in [0.25, 0.3) is 0 Å². The third kappa shape index (κ3) is 2.24. The van der Waals surface area contributed by atoms with E-state index in [1.54, 1.807) is 0 Å². The fourth-order valence-corrected chi connectivity index (χ4v) is 9.44. The van der Waals surface area contributed by atoms with E-state index < -0.39 is 0 Å². The van der Waals surface area contributed by atoms with Crippen LogP contribution in [0.5, 0.6) is 5.75 Å². The Morgan fingerprint density at radius 1 is 1.22 bits per heavy atom. The van der Waals surface area contributed by atoms with Crippen LogP contribution < -0.4 is 4.90 Å². The monoisotopic (exact) mass is 431 g/mol. The van der Waals surface area contributed by atoms with Gasteiger partial charge >= 0.3 is 0 Å². The summed E-state index contributed by atoms with van der Waals surface area (Å²) in [6.07, 6.45) is 7.56. The first-order valence-corrected chi connectivity index (χ1v) is 12.5. The Balaban J connectivity index is 1.40. The molecule has 1 aromatic carbocycles. The molecule has 4 bridgehead atoms. The predicted molar refractivity (Wildman–Crippen MR) is 124 cm³/mol. The molecule has 4 fully saturated rings. The highest BCUT2D eigenvalue weighted by Gasteiger charge is 2.76. The van der Waals surface area contributed by atoms with E-state index in [9.17, 15) is 10.2 Å². The number of aliphatic hydroxyl groups is 1. The van der Waals surface area contributed by atoms with Crippen LogP contribution in [0.3, 0.4) is 0 Å². The molecule has 0 spiro atoms. The van der Waals surface area contributed by atoms with Crippen LogP contribution in [0.2, 0.25) is 0 Å². The van der Waals surface area contributed by atoms with Crippen molar-refractivity contribution in [2.45, 2.75) is 62.6 Å². The Kier molecular flexibility index (Phi) is 3.92. The van der Waals surface area contributed by atoms with Gasteiger partial charge in [-0.05, 0) is 98.2 Å². The molecule has 7 atom stereocenters. The van der Waals surface area contributed by atoms with E-state index in [1.165, 1.54) is 30.4 Å². The molecule has 32 heavy (non-hydrogen) atoms. The van der Waals surface area contributed by atoms with Gasteiger partial charge in [0, 0.05) is 36.8 Å². The number of hydrogen-bond acceptors (Lipinski definition) is 5. The van der Waals surface area contributed by atoms with Gasteiger partial charge in [-0.3, -0.25) is 4.90 Å². The van der Waals surface area contributed by atoms with E-state index in [0.717, 1.165) is 38.3 Å². The van der Waals surface area contributed by atoms with Gasteiger partial charge in [-0.1, -0.05) is 12.1 Å². The van der Waals surface area contributed by atoms with Crippen molar-refractivity contribution in [3.8, 4) is 5.75 Å². The first-order chi connectivity index (χ1) is 15.5. The van der Waals surface area contributed by atoms with E-state index in [0.29, 0.717) is 29.7 Å². The molecule has 3 aliphatic carbocycles. The molecule has 3 heterocycles. The Labute approximate surface area is 190 Å². The highest BCUT2D eigenvalue weighted by molar-refractivity contribution is 5.54. The van der Waals surface area contributed by atoms with Crippen molar-refractivity contribution in [3.63, 3.8) is 0 Å². The summed E-state index contributed by atoms with van der Waals surface area (Å²) in [5, 5.41) is 20.8. The van der Waals surface area contributed by atoms with Gasteiger partial charge in [0.05, 0.1) is 6.10 Å². The molecule has 2 N–H and O–H groups in total. The number of fused-ring (bicyclic) bond motifs is 1. The number of phenolic OH excluding ortho intramolecular Hbond substituents is 1. The summed E-state index contributed by atoms with van der Waals surface area (Å²) >= 11 is 0. The van der Waals surface area contributed by atoms with E-state index >= 15 is 0 Å². The molecule has 5 aliphatic rings. The lowest BCUT2D eigenvalue weighted by atomic mass is 9.43. The van der Waals surface area contributed by atoms with Gasteiger partial charge in [0.1, 0.15) is 11.6 Å². The fraction of sp³-hybridized carbons (Fsp3) is 0.593. The largest absolute Gasteiger partial charge is 0.508 e. The minimum absolute atomic E-state index is 0.135. The van der Waals surface area contributed by atoms with Crippen molar-refractivity contribution < 1.29 is 10.2 Å². The number of piperidine rings is 1. The number of anilines is 1. The lowest BCUT2D eigenvalue weighted by Gasteiger charge is -2.66. The van der Waals surface area contributed by atoms with E-state index in [4.69, 9.17) is 4.98 Å². The maximum atomic E-state index is 10.5. The second-order valence-electron chi connectivity index (χ2n) is 11.2. The van der Waals surface area contributed by atoms with Gasteiger partial charge < -0.3 is 15.1 Å². The number of nitrogens with zero attached hydrogens (tertiary/aromatic N) is 3. The summed E-state index contributed by atoms with van der Waals surface area (Å²) < 4.78 is 0. The van der Waals surface area contributed by atoms with Crippen LogP contribution in [0.1, 0.15) is 43.7 Å². The molecule has 2 saturated heterocycles. The smallest absolute Gasteiger partial charge is 0.128 e. The molecular weight excluding hydrogens is 398 g/mol. The van der Waals surface area contributed by atoms with Crippen molar-refractivity contribution in [3.05, 3.63) is 53.7 Å². The highest BCUT2D eigenvalue weighted by atomic mass is 16.3. The molecule has 5 nitrogen and oxygen atoms in total. The van der Waals surface area contributed by atoms with Crippen LogP contribution in [0.25, 0.3) is 0 Å². The normalized spacial score (nSPS) is 40.1. The number of rotatable bonds is 3. The summed E-state index contributed by atoms with van der Waals surface area (Å²) in [4.78, 5) is 9.97. The van der Waals surface area contributed by atoms with Crippen LogP contribution in [0, 0.1) is 17.3 Å². The molecule has 168 valence electrons. The zero-order chi connectivity index (χ0) is 21.7. The second-order valence-corrected chi connectivity index (χ2v) is 11.2. The minimum atomic E-state index is -0.294. The SMILES string of the molecule is C[C@H](O)CN1CC[C@@]23c4cc(O)ccc4C[C@@H]1[C@]21CCC2C3[C@@H](CN2c2ccccn2)C1. The van der Waals surface area contributed by atoms with Crippen molar-refractivity contribution in [2.75, 3.05) is 24.5 Å². The van der Waals surface area contributed by atoms with E-state index in [1.807, 2.05) is 25.3 Å². The van der Waals surface area contributed by atoms with Crippen LogP contribution in [-0.2, 0) is 11.8 Å². The maximum Gasteiger partial charge on any atom is 0.128 e. The number of aromatic hydroxyl groups is 1. The standard InChI is InChI=1S/C27H33N3O2/c1-17(31)15-29-11-9-27-21-13-20(32)6-5-18(21)12-23(29)26(27)8-7-22-25(27)19(14-26)16-30(22)24-4-2-3-10-28-24/h2-6,10,13,17,19,22-23,25,31-32H,7-9,11-12,14-16H2,1H3/t17-,19+,22?,23+,25?,26+,27-/m0/s1. The number of aromatic nitrogens is 1.